The van der Waals surface area contributed by atoms with Crippen molar-refractivity contribution in [2.45, 2.75) is 44.1 Å². The van der Waals surface area contributed by atoms with Crippen LogP contribution in [0.25, 0.3) is 27.8 Å². The van der Waals surface area contributed by atoms with E-state index in [4.69, 9.17) is 14.5 Å². The Morgan fingerprint density at radius 2 is 2.06 bits per heavy atom. The van der Waals surface area contributed by atoms with Crippen molar-refractivity contribution < 1.29 is 19.4 Å². The number of ether oxygens (including phenoxy) is 2. The number of benzene rings is 1. The summed E-state index contributed by atoms with van der Waals surface area (Å²) in [6.45, 7) is 1.27. The van der Waals surface area contributed by atoms with Gasteiger partial charge in [-0.2, -0.15) is 5.10 Å². The number of imidazole rings is 1. The molecule has 1 saturated heterocycles. The second kappa shape index (κ2) is 8.28. The first-order chi connectivity index (χ1) is 16.6. The molecule has 10 heteroatoms. The van der Waals surface area contributed by atoms with Gasteiger partial charge in [-0.3, -0.25) is 9.59 Å². The van der Waals surface area contributed by atoms with Crippen LogP contribution in [0.1, 0.15) is 43.8 Å². The number of aromatic amines is 2. The largest absolute Gasteiger partial charge is 0.486 e. The van der Waals surface area contributed by atoms with Gasteiger partial charge in [-0.1, -0.05) is 12.1 Å². The van der Waals surface area contributed by atoms with Gasteiger partial charge in [0, 0.05) is 17.7 Å². The van der Waals surface area contributed by atoms with Gasteiger partial charge in [-0.15, -0.1) is 0 Å². The van der Waals surface area contributed by atoms with Crippen LogP contribution in [0.3, 0.4) is 0 Å². The molecule has 34 heavy (non-hydrogen) atoms. The molecule has 1 atom stereocenters. The van der Waals surface area contributed by atoms with E-state index in [0.717, 1.165) is 23.1 Å². The predicted molar refractivity (Wildman–Crippen MR) is 123 cm³/mol. The van der Waals surface area contributed by atoms with Crippen LogP contribution in [0.15, 0.2) is 35.4 Å². The number of carbonyl (C=O) groups is 1. The summed E-state index contributed by atoms with van der Waals surface area (Å²) in [5, 5.41) is 14.7. The molecule has 0 radical (unpaired) electrons. The Kier molecular flexibility index (Phi) is 5.09. The number of aliphatic carboxylic acids is 1. The molecule has 4 aromatic rings. The first kappa shape index (κ1) is 20.9. The molecule has 2 aliphatic rings. The normalized spacial score (nSPS) is 23.0. The molecular weight excluding hydrogens is 438 g/mol. The van der Waals surface area contributed by atoms with Crippen LogP contribution in [-0.2, 0) is 9.53 Å². The lowest BCUT2D eigenvalue weighted by Gasteiger charge is -2.24. The zero-order valence-corrected chi connectivity index (χ0v) is 18.5. The van der Waals surface area contributed by atoms with Gasteiger partial charge in [0.1, 0.15) is 29.7 Å². The van der Waals surface area contributed by atoms with Crippen molar-refractivity contribution in [2.24, 2.45) is 5.92 Å². The fourth-order valence-corrected chi connectivity index (χ4v) is 5.15. The van der Waals surface area contributed by atoms with Gasteiger partial charge in [-0.05, 0) is 37.8 Å². The summed E-state index contributed by atoms with van der Waals surface area (Å²) in [5.41, 5.74) is 2.16. The van der Waals surface area contributed by atoms with Crippen LogP contribution >= 0.6 is 0 Å². The van der Waals surface area contributed by atoms with Crippen LogP contribution in [0.2, 0.25) is 0 Å². The number of carboxylic acid groups (broad SMARTS) is 1. The molecule has 0 amide bonds. The summed E-state index contributed by atoms with van der Waals surface area (Å²) in [7, 11) is 0. The molecule has 10 nitrogen and oxygen atoms in total. The number of fused-ring (bicyclic) bond motifs is 2. The first-order valence-electron chi connectivity index (χ1n) is 11.6. The third-order valence-corrected chi connectivity index (χ3v) is 6.96. The minimum atomic E-state index is -0.748. The lowest BCUT2D eigenvalue weighted by molar-refractivity contribution is -0.142. The topological polar surface area (TPSA) is 135 Å². The number of hydrogen-bond acceptors (Lipinski definition) is 6. The fourth-order valence-electron chi connectivity index (χ4n) is 5.15. The maximum Gasteiger partial charge on any atom is 0.306 e. The number of hydrogen-bond donors (Lipinski definition) is 3. The molecule has 1 saturated carbocycles. The Balaban J connectivity index is 1.41. The van der Waals surface area contributed by atoms with Crippen molar-refractivity contribution in [3.05, 3.63) is 46.8 Å². The molecule has 1 unspecified atom stereocenters. The van der Waals surface area contributed by atoms with Gasteiger partial charge in [-0.25, -0.2) is 9.50 Å². The van der Waals surface area contributed by atoms with Crippen LogP contribution in [0.4, 0.5) is 0 Å². The fraction of sp³-hybridized carbons (Fsp3) is 0.417. The predicted octanol–water partition coefficient (Wildman–Crippen LogP) is 3.09. The summed E-state index contributed by atoms with van der Waals surface area (Å²) in [5.74, 6) is 0.398. The van der Waals surface area contributed by atoms with E-state index in [1.165, 1.54) is 6.33 Å². The van der Waals surface area contributed by atoms with Gasteiger partial charge in [0.25, 0.3) is 5.56 Å². The molecule has 0 spiro atoms. The number of rotatable bonds is 5. The summed E-state index contributed by atoms with van der Waals surface area (Å²) < 4.78 is 13.2. The Morgan fingerprint density at radius 1 is 1.21 bits per heavy atom. The van der Waals surface area contributed by atoms with Crippen LogP contribution in [-0.4, -0.2) is 55.0 Å². The van der Waals surface area contributed by atoms with E-state index >= 15 is 0 Å². The minimum absolute atomic E-state index is 0.0189. The molecule has 1 aromatic carbocycles. The molecule has 3 N–H and O–H groups in total. The number of aromatic nitrogens is 5. The van der Waals surface area contributed by atoms with Crippen molar-refractivity contribution in [2.75, 3.05) is 13.2 Å². The summed E-state index contributed by atoms with van der Waals surface area (Å²) in [6.07, 6.45) is 4.80. The molecule has 1 aliphatic heterocycles. The van der Waals surface area contributed by atoms with E-state index in [1.54, 1.807) is 4.52 Å². The van der Waals surface area contributed by atoms with Crippen molar-refractivity contribution in [1.82, 2.24) is 24.6 Å². The monoisotopic (exact) mass is 463 g/mol. The smallest absolute Gasteiger partial charge is 0.306 e. The lowest BCUT2D eigenvalue weighted by Crippen LogP contribution is -2.22. The molecule has 1 aliphatic carbocycles. The second-order valence-electron chi connectivity index (χ2n) is 9.09. The quantitative estimate of drug-likeness (QED) is 0.414. The number of H-pyrrole nitrogens is 2. The van der Waals surface area contributed by atoms with Gasteiger partial charge in [0.15, 0.2) is 5.52 Å². The van der Waals surface area contributed by atoms with Crippen molar-refractivity contribution in [3.63, 3.8) is 0 Å². The molecule has 3 aromatic heterocycles. The SMILES string of the molecule is O=C(O)C1CCC(c2nc(-c3cc4cccc(OC5CCOC5)c4[nH]3)c3c(=O)[nH]cnn23)CC1. The van der Waals surface area contributed by atoms with Crippen LogP contribution in [0.5, 0.6) is 5.75 Å². The molecule has 0 bridgehead atoms. The number of nitrogens with zero attached hydrogens (tertiary/aromatic N) is 3. The highest BCUT2D eigenvalue weighted by molar-refractivity contribution is 5.92. The van der Waals surface area contributed by atoms with E-state index in [1.807, 2.05) is 24.3 Å². The zero-order valence-electron chi connectivity index (χ0n) is 18.5. The third-order valence-electron chi connectivity index (χ3n) is 6.96. The molecule has 4 heterocycles. The Morgan fingerprint density at radius 3 is 2.82 bits per heavy atom. The maximum atomic E-state index is 12.8. The van der Waals surface area contributed by atoms with Gasteiger partial charge >= 0.3 is 5.97 Å². The summed E-state index contributed by atoms with van der Waals surface area (Å²) in [4.78, 5) is 35.2. The van der Waals surface area contributed by atoms with Gasteiger partial charge < -0.3 is 24.5 Å². The maximum absolute atomic E-state index is 12.8. The Hall–Kier alpha value is -3.66. The zero-order chi connectivity index (χ0) is 23.2. The van der Waals surface area contributed by atoms with Crippen LogP contribution < -0.4 is 10.3 Å². The molecular formula is C24H25N5O5. The van der Waals surface area contributed by atoms with E-state index in [2.05, 4.69) is 15.1 Å². The standard InChI is InChI=1S/C24H25N5O5/c30-23-21-20(17-10-15-2-1-3-18(19(15)27-17)34-16-8-9-33-11-16)28-22(29(21)26-12-25-23)13-4-6-14(7-5-13)24(31)32/h1-3,10,12-14,16,27H,4-9,11H2,(H,31,32)(H,25,26,30). The van der Waals surface area contributed by atoms with Crippen molar-refractivity contribution >= 4 is 22.4 Å². The number of nitrogens with one attached hydrogen (secondary N) is 2. The first-order valence-corrected chi connectivity index (χ1v) is 11.6. The average molecular weight is 463 g/mol. The highest BCUT2D eigenvalue weighted by Gasteiger charge is 2.31. The van der Waals surface area contributed by atoms with E-state index < -0.39 is 5.97 Å². The van der Waals surface area contributed by atoms with Crippen molar-refractivity contribution in [3.8, 4) is 17.1 Å². The van der Waals surface area contributed by atoms with Gasteiger partial charge in [0.2, 0.25) is 0 Å². The van der Waals surface area contributed by atoms with Crippen LogP contribution in [0, 0.1) is 5.92 Å². The third kappa shape index (κ3) is 3.54. The summed E-state index contributed by atoms with van der Waals surface area (Å²) in [6, 6.07) is 7.82. The van der Waals surface area contributed by atoms with E-state index in [0.29, 0.717) is 61.6 Å². The minimum Gasteiger partial charge on any atom is -0.486 e. The summed E-state index contributed by atoms with van der Waals surface area (Å²) >= 11 is 0. The lowest BCUT2D eigenvalue weighted by atomic mass is 9.82. The Bertz CT molecular complexity index is 1420. The number of para-hydroxylation sites is 1. The van der Waals surface area contributed by atoms with Gasteiger partial charge in [0.05, 0.1) is 30.3 Å². The Labute approximate surface area is 193 Å². The molecule has 176 valence electrons. The highest BCUT2D eigenvalue weighted by atomic mass is 16.5. The van der Waals surface area contributed by atoms with E-state index in [9.17, 15) is 14.7 Å². The average Bonchev–Trinajstić information content (AvgIpc) is 3.58. The highest BCUT2D eigenvalue weighted by Crippen LogP contribution is 2.38. The van der Waals surface area contributed by atoms with Crippen molar-refractivity contribution in [1.29, 1.82) is 0 Å². The molecule has 2 fully saturated rings. The molecule has 6 rings (SSSR count). The number of carboxylic acids is 1. The second-order valence-corrected chi connectivity index (χ2v) is 9.09. The van der Waals surface area contributed by atoms with E-state index in [-0.39, 0.29) is 23.5 Å².